The number of aliphatic hydroxyl groups is 2. The second-order valence-electron chi connectivity index (χ2n) is 15.8. The quantitative estimate of drug-likeness (QED) is 0.303. The summed E-state index contributed by atoms with van der Waals surface area (Å²) < 4.78 is 25.7. The van der Waals surface area contributed by atoms with Crippen LogP contribution in [0.2, 0.25) is 0 Å². The van der Waals surface area contributed by atoms with E-state index in [1.807, 2.05) is 24.3 Å². The maximum Gasteiger partial charge on any atom is 0.174 e. The molecule has 2 aromatic rings. The minimum absolute atomic E-state index is 0.0394. The predicted octanol–water partition coefficient (Wildman–Crippen LogP) is 2.96. The summed E-state index contributed by atoms with van der Waals surface area (Å²) in [5.41, 5.74) is 0.368. The fourth-order valence-corrected chi connectivity index (χ4v) is 12.1. The molecule has 0 amide bonds. The maximum absolute atomic E-state index is 13.4. The first-order chi connectivity index (χ1) is 24.2. The van der Waals surface area contributed by atoms with Crippen LogP contribution in [0.5, 0.6) is 23.0 Å². The van der Waals surface area contributed by atoms with E-state index in [1.54, 1.807) is 0 Å². The van der Waals surface area contributed by atoms with Crippen LogP contribution in [0.3, 0.4) is 0 Å². The molecule has 10 nitrogen and oxygen atoms in total. The van der Waals surface area contributed by atoms with Crippen LogP contribution in [0, 0.1) is 0 Å². The largest absolute Gasteiger partial charge is 0.486 e. The molecule has 10 rings (SSSR count). The molecule has 4 aliphatic heterocycles. The van der Waals surface area contributed by atoms with Gasteiger partial charge in [-0.2, -0.15) is 0 Å². The first kappa shape index (κ1) is 31.1. The SMILES string of the molecule is C=CCN1CC[C@]23c4c5ccc(OCCOc6ccc7c8c6O[C@H]6C(=O)CC[C@@]9(O)[C@@H](C7)N(CC=C)CC[C@]869)c4O[C@H]2C(=O)CC[C@@]3(O)C1C5. The normalized spacial score (nSPS) is 38.4. The molecule has 50 heavy (non-hydrogen) atoms. The van der Waals surface area contributed by atoms with Gasteiger partial charge in [0.2, 0.25) is 0 Å². The Morgan fingerprint density at radius 3 is 1.58 bits per heavy atom. The van der Waals surface area contributed by atoms with Gasteiger partial charge in [0.05, 0.1) is 22.0 Å². The van der Waals surface area contributed by atoms with E-state index in [0.29, 0.717) is 87.5 Å². The molecule has 2 spiro atoms. The molecule has 0 radical (unpaired) electrons. The van der Waals surface area contributed by atoms with Gasteiger partial charge in [-0.3, -0.25) is 19.4 Å². The van der Waals surface area contributed by atoms with E-state index in [2.05, 4.69) is 35.1 Å². The van der Waals surface area contributed by atoms with Gasteiger partial charge in [0.15, 0.2) is 46.8 Å². The molecule has 0 aromatic heterocycles. The van der Waals surface area contributed by atoms with Crippen molar-refractivity contribution in [1.82, 2.24) is 9.80 Å². The van der Waals surface area contributed by atoms with Crippen molar-refractivity contribution in [3.05, 3.63) is 71.8 Å². The lowest BCUT2D eigenvalue weighted by atomic mass is 9.49. The van der Waals surface area contributed by atoms with E-state index in [4.69, 9.17) is 18.9 Å². The monoisotopic (exact) mass is 680 g/mol. The highest BCUT2D eigenvalue weighted by Crippen LogP contribution is 2.66. The maximum atomic E-state index is 13.4. The van der Waals surface area contributed by atoms with E-state index in [9.17, 15) is 19.8 Å². The highest BCUT2D eigenvalue weighted by molar-refractivity contribution is 5.91. The third-order valence-electron chi connectivity index (χ3n) is 14.0. The van der Waals surface area contributed by atoms with Crippen molar-refractivity contribution in [2.24, 2.45) is 0 Å². The molecule has 2 aromatic carbocycles. The van der Waals surface area contributed by atoms with E-state index < -0.39 is 34.2 Å². The summed E-state index contributed by atoms with van der Waals surface area (Å²) in [6, 6.07) is 7.74. The van der Waals surface area contributed by atoms with Crippen molar-refractivity contribution in [1.29, 1.82) is 0 Å². The van der Waals surface area contributed by atoms with Gasteiger partial charge in [-0.1, -0.05) is 24.3 Å². The summed E-state index contributed by atoms with van der Waals surface area (Å²) in [4.78, 5) is 31.4. The smallest absolute Gasteiger partial charge is 0.174 e. The number of hydrogen-bond donors (Lipinski definition) is 2. The van der Waals surface area contributed by atoms with Crippen LogP contribution in [-0.2, 0) is 33.3 Å². The summed E-state index contributed by atoms with van der Waals surface area (Å²) in [5.74, 6) is 2.32. The lowest BCUT2D eigenvalue weighted by Gasteiger charge is -2.62. The fraction of sp³-hybridized carbons (Fsp3) is 0.550. The van der Waals surface area contributed by atoms with Crippen LogP contribution < -0.4 is 18.9 Å². The molecule has 4 heterocycles. The zero-order valence-electron chi connectivity index (χ0n) is 28.3. The van der Waals surface area contributed by atoms with Gasteiger partial charge in [-0.25, -0.2) is 0 Å². The number of nitrogens with zero attached hydrogens (tertiary/aromatic N) is 2. The Labute approximate surface area is 291 Å². The second-order valence-corrected chi connectivity index (χ2v) is 15.8. The highest BCUT2D eigenvalue weighted by atomic mass is 16.6. The number of carbonyl (C=O) groups is 2. The molecular weight excluding hydrogens is 636 g/mol. The Bertz CT molecular complexity index is 1740. The Morgan fingerprint density at radius 1 is 0.720 bits per heavy atom. The van der Waals surface area contributed by atoms with Crippen molar-refractivity contribution in [2.45, 2.75) is 97.7 Å². The van der Waals surface area contributed by atoms with Crippen LogP contribution in [0.15, 0.2) is 49.6 Å². The average Bonchev–Trinajstić information content (AvgIpc) is 3.65. The number of ether oxygens (including phenoxy) is 4. The first-order valence-corrected chi connectivity index (χ1v) is 18.3. The topological polar surface area (TPSA) is 118 Å². The van der Waals surface area contributed by atoms with Crippen molar-refractivity contribution < 1.29 is 38.7 Å². The Balaban J connectivity index is 0.926. The number of likely N-dealkylation sites (tertiary alicyclic amines) is 2. The van der Waals surface area contributed by atoms with Crippen LogP contribution in [0.4, 0.5) is 0 Å². The number of rotatable bonds is 9. The lowest BCUT2D eigenvalue weighted by Crippen LogP contribution is -2.76. The number of benzene rings is 2. The van der Waals surface area contributed by atoms with Crippen LogP contribution in [0.25, 0.3) is 0 Å². The summed E-state index contributed by atoms with van der Waals surface area (Å²) in [7, 11) is 0. The molecule has 1 unspecified atom stereocenters. The van der Waals surface area contributed by atoms with E-state index in [-0.39, 0.29) is 36.9 Å². The standard InChI is InChI=1S/C40H44N2O8/c1-3-15-41-17-13-37-31-23-5-7-27(33(31)49-35(37)25(43)9-11-39(37,45)29(41)21-23)47-19-20-48-28-8-6-24-22-30-40(46)12-10-26(44)36-38(40,32(24)34(28)50-36)14-18-42(30)16-4-2/h3-8,29-30,35-36,45-46H,1-2,9-22H2/t29-,30?,35+,36+,37+,38+,39-,40-/m1/s1. The van der Waals surface area contributed by atoms with Gasteiger partial charge in [0, 0.05) is 62.2 Å². The molecule has 4 fully saturated rings. The van der Waals surface area contributed by atoms with Crippen LogP contribution in [-0.4, -0.2) is 106 Å². The fourth-order valence-electron chi connectivity index (χ4n) is 12.1. The molecule has 4 aliphatic carbocycles. The molecule has 2 N–H and O–H groups in total. The number of ketones is 2. The van der Waals surface area contributed by atoms with Gasteiger partial charge in [-0.05, 0) is 61.8 Å². The van der Waals surface area contributed by atoms with Crippen LogP contribution in [0.1, 0.15) is 60.8 Å². The minimum Gasteiger partial charge on any atom is -0.486 e. The van der Waals surface area contributed by atoms with E-state index in [0.717, 1.165) is 35.3 Å². The number of Topliss-reactive ketones (excluding diaryl/α,β-unsaturated/α-hetero) is 2. The molecule has 2 saturated carbocycles. The molecule has 262 valence electrons. The van der Waals surface area contributed by atoms with Gasteiger partial charge in [-0.15, -0.1) is 13.2 Å². The first-order valence-electron chi connectivity index (χ1n) is 18.3. The summed E-state index contributed by atoms with van der Waals surface area (Å²) in [5, 5.41) is 24.9. The summed E-state index contributed by atoms with van der Waals surface area (Å²) in [6.07, 6.45) is 6.36. The third kappa shape index (κ3) is 3.53. The average molecular weight is 681 g/mol. The third-order valence-corrected chi connectivity index (χ3v) is 14.0. The number of carbonyl (C=O) groups excluding carboxylic acids is 2. The van der Waals surface area contributed by atoms with Gasteiger partial charge in [0.1, 0.15) is 13.2 Å². The van der Waals surface area contributed by atoms with Gasteiger partial charge >= 0.3 is 0 Å². The van der Waals surface area contributed by atoms with Gasteiger partial charge < -0.3 is 29.2 Å². The van der Waals surface area contributed by atoms with Crippen molar-refractivity contribution in [2.75, 3.05) is 39.4 Å². The number of piperidine rings is 2. The molecule has 2 saturated heterocycles. The van der Waals surface area contributed by atoms with Crippen molar-refractivity contribution in [3.63, 3.8) is 0 Å². The van der Waals surface area contributed by atoms with Gasteiger partial charge in [0.25, 0.3) is 0 Å². The zero-order valence-corrected chi connectivity index (χ0v) is 28.3. The minimum atomic E-state index is -1.07. The van der Waals surface area contributed by atoms with Crippen molar-refractivity contribution >= 4 is 11.6 Å². The summed E-state index contributed by atoms with van der Waals surface area (Å²) >= 11 is 0. The molecule has 4 bridgehead atoms. The zero-order chi connectivity index (χ0) is 34.2. The molecule has 10 heteroatoms. The molecular formula is C40H44N2O8. The predicted molar refractivity (Wildman–Crippen MR) is 182 cm³/mol. The van der Waals surface area contributed by atoms with Crippen LogP contribution >= 0.6 is 0 Å². The molecule has 8 aliphatic rings. The highest BCUT2D eigenvalue weighted by Gasteiger charge is 2.74. The Hall–Kier alpha value is -3.70. The summed E-state index contributed by atoms with van der Waals surface area (Å²) in [6.45, 7) is 11.2. The Kier molecular flexibility index (Phi) is 6.48. The Morgan fingerprint density at radius 2 is 1.16 bits per heavy atom. The van der Waals surface area contributed by atoms with Crippen molar-refractivity contribution in [3.8, 4) is 23.0 Å². The van der Waals surface area contributed by atoms with E-state index in [1.165, 1.54) is 0 Å². The van der Waals surface area contributed by atoms with E-state index >= 15 is 0 Å². The lowest BCUT2D eigenvalue weighted by molar-refractivity contribution is -0.187. The second kappa shape index (κ2) is 10.4. The molecule has 8 atom stereocenters. The number of hydrogen-bond acceptors (Lipinski definition) is 10.